The largest absolute Gasteiger partial charge is 0.491 e. The molecule has 2 aliphatic heterocycles. The minimum Gasteiger partial charge on any atom is -0.491 e. The second-order valence-corrected chi connectivity index (χ2v) is 10.1. The number of rotatable bonds is 12. The van der Waals surface area contributed by atoms with Gasteiger partial charge in [0, 0.05) is 38.5 Å². The molecule has 0 aliphatic carbocycles. The SMILES string of the molecule is C=CCc1ccccc1OCC(O)CNC1CCN(C(=O)COc2ccc(C3=NNC(=O)CC3)cc2Cl)CC1. The van der Waals surface area contributed by atoms with Crippen LogP contribution in [0.2, 0.25) is 5.02 Å². The highest BCUT2D eigenvalue weighted by Gasteiger charge is 2.24. The van der Waals surface area contributed by atoms with Crippen LogP contribution in [-0.4, -0.2) is 72.5 Å². The molecule has 208 valence electrons. The lowest BCUT2D eigenvalue weighted by Gasteiger charge is -2.33. The van der Waals surface area contributed by atoms with Crippen LogP contribution in [-0.2, 0) is 16.0 Å². The zero-order chi connectivity index (χ0) is 27.6. The Morgan fingerprint density at radius 1 is 1.21 bits per heavy atom. The third kappa shape index (κ3) is 8.29. The van der Waals surface area contributed by atoms with Crippen molar-refractivity contribution in [3.05, 3.63) is 71.3 Å². The quantitative estimate of drug-likeness (QED) is 0.348. The average molecular weight is 555 g/mol. The first-order valence-electron chi connectivity index (χ1n) is 13.2. The Hall–Kier alpha value is -3.40. The van der Waals surface area contributed by atoms with Crippen LogP contribution in [0.15, 0.2) is 60.2 Å². The van der Waals surface area contributed by atoms with Crippen LogP contribution in [0.1, 0.15) is 36.8 Å². The minimum absolute atomic E-state index is 0.0976. The van der Waals surface area contributed by atoms with Crippen LogP contribution >= 0.6 is 11.6 Å². The van der Waals surface area contributed by atoms with Gasteiger partial charge in [0.2, 0.25) is 5.91 Å². The van der Waals surface area contributed by atoms with Crippen LogP contribution < -0.4 is 20.2 Å². The van der Waals surface area contributed by atoms with E-state index in [1.807, 2.05) is 36.4 Å². The molecule has 39 heavy (non-hydrogen) atoms. The molecule has 4 rings (SSSR count). The molecule has 1 atom stereocenters. The molecule has 0 saturated carbocycles. The molecule has 0 radical (unpaired) electrons. The number of halogens is 1. The molecular formula is C29H35ClN4O5. The highest BCUT2D eigenvalue weighted by Crippen LogP contribution is 2.27. The molecule has 1 saturated heterocycles. The number of nitrogens with one attached hydrogen (secondary N) is 2. The summed E-state index contributed by atoms with van der Waals surface area (Å²) in [5.41, 5.74) is 5.08. The van der Waals surface area contributed by atoms with Crippen molar-refractivity contribution >= 4 is 29.1 Å². The van der Waals surface area contributed by atoms with Gasteiger partial charge in [-0.25, -0.2) is 5.43 Å². The van der Waals surface area contributed by atoms with Gasteiger partial charge >= 0.3 is 0 Å². The van der Waals surface area contributed by atoms with Crippen LogP contribution in [0, 0.1) is 0 Å². The van der Waals surface area contributed by atoms with Crippen molar-refractivity contribution in [1.82, 2.24) is 15.6 Å². The lowest BCUT2D eigenvalue weighted by Crippen LogP contribution is -2.48. The third-order valence-electron chi connectivity index (χ3n) is 6.78. The lowest BCUT2D eigenvalue weighted by molar-refractivity contribution is -0.134. The first kappa shape index (κ1) is 28.6. The number of piperidine rings is 1. The standard InChI is InChI=1S/C29H35ClN4O5/c1-2-5-20-6-3-4-7-26(20)38-18-23(35)17-31-22-12-14-34(15-13-22)29(37)19-39-27-10-8-21(16-24(27)30)25-9-11-28(36)33-32-25/h2-4,6-8,10,16,22-23,31,35H,1,5,9,11-15,17-19H2,(H,33,36). The molecule has 3 N–H and O–H groups in total. The summed E-state index contributed by atoms with van der Waals surface area (Å²) in [5, 5.41) is 18.2. The fourth-order valence-electron chi connectivity index (χ4n) is 4.56. The maximum atomic E-state index is 12.7. The number of ether oxygens (including phenoxy) is 2. The van der Waals surface area contributed by atoms with Gasteiger partial charge in [-0.05, 0) is 54.7 Å². The van der Waals surface area contributed by atoms with Gasteiger partial charge < -0.3 is 24.8 Å². The Morgan fingerprint density at radius 3 is 2.72 bits per heavy atom. The van der Waals surface area contributed by atoms with E-state index in [4.69, 9.17) is 21.1 Å². The normalized spacial score (nSPS) is 16.7. The predicted molar refractivity (Wildman–Crippen MR) is 150 cm³/mol. The molecule has 2 amide bonds. The summed E-state index contributed by atoms with van der Waals surface area (Å²) in [6.45, 7) is 5.51. The third-order valence-corrected chi connectivity index (χ3v) is 7.07. The topological polar surface area (TPSA) is 112 Å². The number of hydrazone groups is 1. The van der Waals surface area contributed by atoms with Crippen molar-refractivity contribution in [2.45, 2.75) is 44.2 Å². The molecule has 10 heteroatoms. The molecule has 2 aliphatic rings. The Bertz CT molecular complexity index is 1200. The van der Waals surface area contributed by atoms with Gasteiger partial charge in [0.25, 0.3) is 5.91 Å². The monoisotopic (exact) mass is 554 g/mol. The molecule has 0 aromatic heterocycles. The van der Waals surface area contributed by atoms with Gasteiger partial charge in [0.05, 0.1) is 10.7 Å². The number of hydrogen-bond donors (Lipinski definition) is 3. The molecule has 0 spiro atoms. The van der Waals surface area contributed by atoms with E-state index in [2.05, 4.69) is 22.4 Å². The van der Waals surface area contributed by atoms with Gasteiger partial charge in [-0.1, -0.05) is 35.9 Å². The number of aliphatic hydroxyl groups is 1. The van der Waals surface area contributed by atoms with E-state index in [0.717, 1.165) is 35.4 Å². The van der Waals surface area contributed by atoms with Gasteiger partial charge in [-0.15, -0.1) is 6.58 Å². The number of aliphatic hydroxyl groups excluding tert-OH is 1. The van der Waals surface area contributed by atoms with Crippen molar-refractivity contribution in [3.8, 4) is 11.5 Å². The maximum absolute atomic E-state index is 12.7. The smallest absolute Gasteiger partial charge is 0.260 e. The first-order chi connectivity index (χ1) is 18.9. The average Bonchev–Trinajstić information content (AvgIpc) is 2.95. The number of likely N-dealkylation sites (tertiary alicyclic amines) is 1. The molecular weight excluding hydrogens is 520 g/mol. The van der Waals surface area contributed by atoms with E-state index >= 15 is 0 Å². The fourth-order valence-corrected chi connectivity index (χ4v) is 4.80. The second kappa shape index (κ2) is 14.1. The zero-order valence-electron chi connectivity index (χ0n) is 21.9. The van der Waals surface area contributed by atoms with Crippen molar-refractivity contribution in [3.63, 3.8) is 0 Å². The van der Waals surface area contributed by atoms with Crippen molar-refractivity contribution < 1.29 is 24.2 Å². The van der Waals surface area contributed by atoms with Gasteiger partial charge in [0.15, 0.2) is 6.61 Å². The van der Waals surface area contributed by atoms with Crippen molar-refractivity contribution in [2.75, 3.05) is 32.8 Å². The van der Waals surface area contributed by atoms with Gasteiger partial charge in [0.1, 0.15) is 24.2 Å². The van der Waals surface area contributed by atoms with Gasteiger partial charge in [-0.2, -0.15) is 5.10 Å². The Kier molecular flexibility index (Phi) is 10.4. The van der Waals surface area contributed by atoms with Crippen LogP contribution in [0.5, 0.6) is 11.5 Å². The highest BCUT2D eigenvalue weighted by atomic mass is 35.5. The molecule has 1 unspecified atom stereocenters. The van der Waals surface area contributed by atoms with Crippen LogP contribution in [0.4, 0.5) is 0 Å². The summed E-state index contributed by atoms with van der Waals surface area (Å²) in [4.78, 5) is 25.8. The molecule has 2 aromatic rings. The number of carbonyl (C=O) groups excluding carboxylic acids is 2. The van der Waals surface area contributed by atoms with Crippen molar-refractivity contribution in [2.24, 2.45) is 5.10 Å². The summed E-state index contributed by atoms with van der Waals surface area (Å²) in [6, 6.07) is 13.2. The molecule has 1 fully saturated rings. The molecule has 0 bridgehead atoms. The molecule has 9 nitrogen and oxygen atoms in total. The van der Waals surface area contributed by atoms with E-state index in [1.54, 1.807) is 17.0 Å². The van der Waals surface area contributed by atoms with E-state index in [9.17, 15) is 14.7 Å². The number of nitrogens with zero attached hydrogens (tertiary/aromatic N) is 2. The van der Waals surface area contributed by atoms with E-state index in [1.165, 1.54) is 0 Å². The number of hydrogen-bond acceptors (Lipinski definition) is 7. The maximum Gasteiger partial charge on any atom is 0.260 e. The molecule has 2 aromatic carbocycles. The summed E-state index contributed by atoms with van der Waals surface area (Å²) in [6.07, 6.45) is 4.40. The number of allylic oxidation sites excluding steroid dienone is 1. The first-order valence-corrected chi connectivity index (χ1v) is 13.6. The predicted octanol–water partition coefficient (Wildman–Crippen LogP) is 3.08. The number of amides is 2. The summed E-state index contributed by atoms with van der Waals surface area (Å²) < 4.78 is 11.5. The van der Waals surface area contributed by atoms with E-state index < -0.39 is 6.10 Å². The van der Waals surface area contributed by atoms with Crippen LogP contribution in [0.25, 0.3) is 0 Å². The Morgan fingerprint density at radius 2 is 2.00 bits per heavy atom. The summed E-state index contributed by atoms with van der Waals surface area (Å²) >= 11 is 6.37. The second-order valence-electron chi connectivity index (χ2n) is 9.66. The summed E-state index contributed by atoms with van der Waals surface area (Å²) in [5.74, 6) is 0.984. The van der Waals surface area contributed by atoms with Gasteiger partial charge in [-0.3, -0.25) is 9.59 Å². The van der Waals surface area contributed by atoms with Crippen LogP contribution in [0.3, 0.4) is 0 Å². The zero-order valence-corrected chi connectivity index (χ0v) is 22.7. The number of benzene rings is 2. The van der Waals surface area contributed by atoms with E-state index in [0.29, 0.717) is 49.7 Å². The Labute approximate surface area is 233 Å². The molecule has 2 heterocycles. The Balaban J connectivity index is 1.15. The number of carbonyl (C=O) groups is 2. The highest BCUT2D eigenvalue weighted by molar-refractivity contribution is 6.32. The minimum atomic E-state index is -0.644. The number of para-hydroxylation sites is 1. The summed E-state index contributed by atoms with van der Waals surface area (Å²) in [7, 11) is 0. The van der Waals surface area contributed by atoms with Crippen molar-refractivity contribution in [1.29, 1.82) is 0 Å². The van der Waals surface area contributed by atoms with E-state index in [-0.39, 0.29) is 31.1 Å². The fraction of sp³-hybridized carbons (Fsp3) is 0.414. The lowest BCUT2D eigenvalue weighted by atomic mass is 10.0.